The van der Waals surface area contributed by atoms with E-state index in [9.17, 15) is 20.0 Å². The molecule has 1 aromatic carbocycles. The van der Waals surface area contributed by atoms with Crippen LogP contribution in [0, 0.1) is 15.5 Å². The van der Waals surface area contributed by atoms with Crippen molar-refractivity contribution in [3.63, 3.8) is 0 Å². The Morgan fingerprint density at radius 2 is 2.08 bits per heavy atom. The van der Waals surface area contributed by atoms with Gasteiger partial charge in [0.2, 0.25) is 0 Å². The first-order valence-corrected chi connectivity index (χ1v) is 9.67. The molecular formula is C19H20N2O4S. The van der Waals surface area contributed by atoms with Crippen molar-refractivity contribution in [3.8, 4) is 5.75 Å². The number of hydrogen-bond acceptors (Lipinski definition) is 6. The number of phenols is 1. The number of hydrogen-bond donors (Lipinski definition) is 2. The van der Waals surface area contributed by atoms with Gasteiger partial charge in [0.15, 0.2) is 11.5 Å². The van der Waals surface area contributed by atoms with E-state index < -0.39 is 16.3 Å². The third kappa shape index (κ3) is 2.45. The van der Waals surface area contributed by atoms with Crippen molar-refractivity contribution in [3.05, 3.63) is 55.7 Å². The molecule has 3 aliphatic rings. The topological polar surface area (TPSA) is 92.5 Å². The number of nitrogens with one attached hydrogen (secondary N) is 1. The highest BCUT2D eigenvalue weighted by Crippen LogP contribution is 2.54. The predicted molar refractivity (Wildman–Crippen MR) is 99.8 cm³/mol. The zero-order valence-electron chi connectivity index (χ0n) is 14.7. The minimum absolute atomic E-state index is 0.0567. The Morgan fingerprint density at radius 1 is 1.31 bits per heavy atom. The van der Waals surface area contributed by atoms with E-state index in [1.54, 1.807) is 23.9 Å². The smallest absolute Gasteiger partial charge is 0.311 e. The fourth-order valence-corrected chi connectivity index (χ4v) is 5.28. The highest BCUT2D eigenvalue weighted by Gasteiger charge is 2.45. The van der Waals surface area contributed by atoms with Crippen molar-refractivity contribution in [1.29, 1.82) is 0 Å². The molecule has 0 bridgehead atoms. The number of para-hydroxylation sites is 1. The summed E-state index contributed by atoms with van der Waals surface area (Å²) in [5, 5.41) is 25.3. The highest BCUT2D eigenvalue weighted by molar-refractivity contribution is 8.03. The molecular weight excluding hydrogens is 352 g/mol. The fourth-order valence-electron chi connectivity index (χ4n) is 4.02. The average Bonchev–Trinajstić information content (AvgIpc) is 3.05. The van der Waals surface area contributed by atoms with Crippen LogP contribution in [0.5, 0.6) is 5.75 Å². The lowest BCUT2D eigenvalue weighted by Crippen LogP contribution is -2.38. The molecule has 136 valence electrons. The lowest BCUT2D eigenvalue weighted by Gasteiger charge is -2.39. The summed E-state index contributed by atoms with van der Waals surface area (Å²) < 4.78 is 0. The van der Waals surface area contributed by atoms with E-state index in [2.05, 4.69) is 5.32 Å². The molecule has 0 saturated carbocycles. The second-order valence-corrected chi connectivity index (χ2v) is 8.71. The Morgan fingerprint density at radius 3 is 2.81 bits per heavy atom. The zero-order chi connectivity index (χ0) is 18.6. The summed E-state index contributed by atoms with van der Waals surface area (Å²) in [6.45, 7) is 3.88. The second kappa shape index (κ2) is 5.87. The Kier molecular flexibility index (Phi) is 3.87. The van der Waals surface area contributed by atoms with Crippen LogP contribution in [0.2, 0.25) is 0 Å². The molecule has 26 heavy (non-hydrogen) atoms. The first-order chi connectivity index (χ1) is 12.3. The van der Waals surface area contributed by atoms with E-state index in [0.717, 1.165) is 41.3 Å². The van der Waals surface area contributed by atoms with Crippen LogP contribution < -0.4 is 5.32 Å². The van der Waals surface area contributed by atoms with Crippen molar-refractivity contribution < 1.29 is 14.8 Å². The normalized spacial score (nSPS) is 24.2. The number of thioether (sulfide) groups is 1. The second-order valence-electron chi connectivity index (χ2n) is 7.58. The number of nitro benzene ring substituents is 1. The van der Waals surface area contributed by atoms with Crippen LogP contribution in [0.3, 0.4) is 0 Å². The molecule has 1 unspecified atom stereocenters. The van der Waals surface area contributed by atoms with Crippen molar-refractivity contribution in [2.45, 2.75) is 39.0 Å². The van der Waals surface area contributed by atoms with Gasteiger partial charge < -0.3 is 10.4 Å². The largest absolute Gasteiger partial charge is 0.502 e. The maximum absolute atomic E-state index is 13.2. The maximum Gasteiger partial charge on any atom is 0.311 e. The van der Waals surface area contributed by atoms with Crippen LogP contribution in [-0.4, -0.2) is 21.6 Å². The van der Waals surface area contributed by atoms with Gasteiger partial charge in [-0.3, -0.25) is 14.9 Å². The number of phenolic OH excluding ortho intramolecular Hbond substituents is 1. The SMILES string of the molecule is CC1(C)CCC2=C(C1=O)C(c1cccc([N+](=O)[O-])c1O)C1=C(CCS1)N2. The van der Waals surface area contributed by atoms with Gasteiger partial charge in [-0.05, 0) is 19.3 Å². The molecule has 6 nitrogen and oxygen atoms in total. The van der Waals surface area contributed by atoms with Gasteiger partial charge in [0.05, 0.1) is 10.8 Å². The molecule has 1 aliphatic carbocycles. The van der Waals surface area contributed by atoms with Gasteiger partial charge >= 0.3 is 5.69 Å². The van der Waals surface area contributed by atoms with Crippen LogP contribution in [0.4, 0.5) is 5.69 Å². The molecule has 4 rings (SSSR count). The molecule has 0 spiro atoms. The van der Waals surface area contributed by atoms with E-state index in [0.29, 0.717) is 11.1 Å². The summed E-state index contributed by atoms with van der Waals surface area (Å²) in [5.41, 5.74) is 2.29. The van der Waals surface area contributed by atoms with E-state index in [4.69, 9.17) is 0 Å². The van der Waals surface area contributed by atoms with Crippen LogP contribution in [0.1, 0.15) is 44.6 Å². The summed E-state index contributed by atoms with van der Waals surface area (Å²) in [6.07, 6.45) is 2.41. The van der Waals surface area contributed by atoms with Crippen LogP contribution in [-0.2, 0) is 4.79 Å². The minimum Gasteiger partial charge on any atom is -0.502 e. The number of nitrogens with zero attached hydrogens (tertiary/aromatic N) is 1. The molecule has 2 heterocycles. The summed E-state index contributed by atoms with van der Waals surface area (Å²) in [5.74, 6) is 0.191. The lowest BCUT2D eigenvalue weighted by molar-refractivity contribution is -0.385. The molecule has 1 aromatic rings. The van der Waals surface area contributed by atoms with Crippen LogP contribution in [0.15, 0.2) is 40.1 Å². The number of dihydropyridines is 1. The maximum atomic E-state index is 13.2. The fraction of sp³-hybridized carbons (Fsp3) is 0.421. The van der Waals surface area contributed by atoms with E-state index in [-0.39, 0.29) is 17.2 Å². The Labute approximate surface area is 155 Å². The van der Waals surface area contributed by atoms with Crippen LogP contribution >= 0.6 is 11.8 Å². The summed E-state index contributed by atoms with van der Waals surface area (Å²) in [6, 6.07) is 4.56. The number of allylic oxidation sites excluding steroid dienone is 4. The van der Waals surface area contributed by atoms with Gasteiger partial charge in [-0.25, -0.2) is 0 Å². The van der Waals surface area contributed by atoms with Crippen LogP contribution in [0.25, 0.3) is 0 Å². The van der Waals surface area contributed by atoms with Gasteiger partial charge in [0.1, 0.15) is 0 Å². The van der Waals surface area contributed by atoms with Gasteiger partial charge in [-0.1, -0.05) is 26.0 Å². The molecule has 2 N–H and O–H groups in total. The first kappa shape index (κ1) is 17.1. The Bertz CT molecular complexity index is 901. The van der Waals surface area contributed by atoms with Crippen molar-refractivity contribution >= 4 is 23.2 Å². The molecule has 2 aliphatic heterocycles. The van der Waals surface area contributed by atoms with Crippen molar-refractivity contribution in [1.82, 2.24) is 5.32 Å². The molecule has 0 fully saturated rings. The number of aromatic hydroxyl groups is 1. The number of rotatable bonds is 2. The highest BCUT2D eigenvalue weighted by atomic mass is 32.2. The van der Waals surface area contributed by atoms with Gasteiger partial charge in [0, 0.05) is 44.7 Å². The van der Waals surface area contributed by atoms with Gasteiger partial charge in [-0.2, -0.15) is 0 Å². The number of Topliss-reactive ketones (excluding diaryl/α,β-unsaturated/α-hetero) is 1. The number of benzene rings is 1. The molecule has 7 heteroatoms. The molecule has 0 aromatic heterocycles. The third-order valence-corrected chi connectivity index (χ3v) is 6.70. The van der Waals surface area contributed by atoms with Gasteiger partial charge in [0.25, 0.3) is 0 Å². The third-order valence-electron chi connectivity index (χ3n) is 5.50. The molecule has 0 radical (unpaired) electrons. The average molecular weight is 372 g/mol. The van der Waals surface area contributed by atoms with Gasteiger partial charge in [-0.15, -0.1) is 11.8 Å². The number of carbonyl (C=O) groups excluding carboxylic acids is 1. The predicted octanol–water partition coefficient (Wildman–Crippen LogP) is 3.98. The number of carbonyl (C=O) groups is 1. The van der Waals surface area contributed by atoms with Crippen molar-refractivity contribution in [2.24, 2.45) is 5.41 Å². The summed E-state index contributed by atoms with van der Waals surface area (Å²) >= 11 is 1.66. The summed E-state index contributed by atoms with van der Waals surface area (Å²) in [4.78, 5) is 24.9. The van der Waals surface area contributed by atoms with Crippen molar-refractivity contribution in [2.75, 3.05) is 5.75 Å². The molecule has 0 amide bonds. The zero-order valence-corrected chi connectivity index (χ0v) is 15.5. The minimum atomic E-state index is -0.584. The molecule has 1 atom stereocenters. The van der Waals surface area contributed by atoms with E-state index in [1.807, 2.05) is 13.8 Å². The standard InChI is InChI=1S/C19H20N2O4S/c1-19(2)8-6-11-15(18(19)23)14(17-12(20-11)7-9-26-17)10-4-3-5-13(16(10)22)21(24)25/h3-5,14,20,22H,6-9H2,1-2H3. The quantitative estimate of drug-likeness (QED) is 0.603. The Balaban J connectivity index is 1.93. The monoisotopic (exact) mass is 372 g/mol. The van der Waals surface area contributed by atoms with E-state index >= 15 is 0 Å². The Hall–Kier alpha value is -2.28. The summed E-state index contributed by atoms with van der Waals surface area (Å²) in [7, 11) is 0. The first-order valence-electron chi connectivity index (χ1n) is 8.68. The van der Waals surface area contributed by atoms with E-state index in [1.165, 1.54) is 6.07 Å². The lowest BCUT2D eigenvalue weighted by atomic mass is 9.69. The molecule has 0 saturated heterocycles. The number of nitro groups is 1. The number of ketones is 1.